The van der Waals surface area contributed by atoms with Gasteiger partial charge in [0.1, 0.15) is 0 Å². The van der Waals surface area contributed by atoms with Crippen LogP contribution in [0.25, 0.3) is 0 Å². The Kier molecular flexibility index (Phi) is 3.76. The van der Waals surface area contributed by atoms with E-state index in [0.29, 0.717) is 11.9 Å². The number of hydrogen-bond donors (Lipinski definition) is 1. The van der Waals surface area contributed by atoms with E-state index in [1.165, 1.54) is 37.8 Å². The Balaban J connectivity index is 2.03. The lowest BCUT2D eigenvalue weighted by Crippen LogP contribution is -2.57. The molecule has 2 unspecified atom stereocenters. The van der Waals surface area contributed by atoms with Gasteiger partial charge in [-0.25, -0.2) is 0 Å². The highest BCUT2D eigenvalue weighted by molar-refractivity contribution is 9.10. The molecule has 1 aromatic rings. The summed E-state index contributed by atoms with van der Waals surface area (Å²) in [6, 6.07) is 8.42. The zero-order valence-corrected chi connectivity index (χ0v) is 13.6. The van der Waals surface area contributed by atoms with Gasteiger partial charge in [-0.1, -0.05) is 48.2 Å². The van der Waals surface area contributed by atoms with Crippen molar-refractivity contribution in [2.24, 2.45) is 16.6 Å². The molecule has 4 heteroatoms. The van der Waals surface area contributed by atoms with Gasteiger partial charge >= 0.3 is 0 Å². The Morgan fingerprint density at radius 3 is 3.05 bits per heavy atom. The normalized spacial score (nSPS) is 29.8. The van der Waals surface area contributed by atoms with Crippen molar-refractivity contribution < 1.29 is 0 Å². The van der Waals surface area contributed by atoms with Crippen molar-refractivity contribution >= 4 is 27.6 Å². The highest BCUT2D eigenvalue weighted by Crippen LogP contribution is 2.45. The lowest BCUT2D eigenvalue weighted by molar-refractivity contribution is 0.201. The highest BCUT2D eigenvalue weighted by atomic mass is 79.9. The summed E-state index contributed by atoms with van der Waals surface area (Å²) < 4.78 is 1.09. The van der Waals surface area contributed by atoms with Crippen molar-refractivity contribution in [1.82, 2.24) is 0 Å². The smallest absolute Gasteiger partial charge is 0.196 e. The van der Waals surface area contributed by atoms with Crippen molar-refractivity contribution in [3.05, 3.63) is 28.7 Å². The zero-order chi connectivity index (χ0) is 14.2. The van der Waals surface area contributed by atoms with Gasteiger partial charge < -0.3 is 10.6 Å². The van der Waals surface area contributed by atoms with Crippen LogP contribution in [0.1, 0.15) is 39.0 Å². The number of guanidine groups is 1. The molecular formula is C16H22BrN3. The molecule has 2 atom stereocenters. The van der Waals surface area contributed by atoms with Gasteiger partial charge in [0.05, 0.1) is 12.1 Å². The molecule has 3 rings (SSSR count). The fourth-order valence-corrected chi connectivity index (χ4v) is 4.36. The average Bonchev–Trinajstić information content (AvgIpc) is 2.77. The summed E-state index contributed by atoms with van der Waals surface area (Å²) in [4.78, 5) is 6.91. The van der Waals surface area contributed by atoms with Gasteiger partial charge in [-0.05, 0) is 37.0 Å². The SMILES string of the molecule is CCC1CCCCC12CN=C(N)N2c1cccc(Br)c1. The van der Waals surface area contributed by atoms with Crippen molar-refractivity contribution in [2.75, 3.05) is 11.4 Å². The molecule has 1 saturated carbocycles. The molecule has 1 aliphatic heterocycles. The first-order valence-corrected chi connectivity index (χ1v) is 8.32. The van der Waals surface area contributed by atoms with E-state index in [1.54, 1.807) is 0 Å². The molecule has 20 heavy (non-hydrogen) atoms. The van der Waals surface area contributed by atoms with Gasteiger partial charge in [-0.15, -0.1) is 0 Å². The number of halogens is 1. The second-order valence-electron chi connectivity index (χ2n) is 5.94. The third-order valence-electron chi connectivity index (χ3n) is 4.92. The van der Waals surface area contributed by atoms with Crippen molar-refractivity contribution in [3.63, 3.8) is 0 Å². The molecule has 1 fully saturated rings. The summed E-state index contributed by atoms with van der Waals surface area (Å²) in [6.45, 7) is 3.15. The molecule has 0 aromatic heterocycles. The summed E-state index contributed by atoms with van der Waals surface area (Å²) >= 11 is 3.57. The number of aliphatic imine (C=N–C) groups is 1. The first-order chi connectivity index (χ1) is 9.67. The van der Waals surface area contributed by atoms with Crippen LogP contribution < -0.4 is 10.6 Å². The van der Waals surface area contributed by atoms with Crippen LogP contribution in [0.2, 0.25) is 0 Å². The van der Waals surface area contributed by atoms with Crippen molar-refractivity contribution in [1.29, 1.82) is 0 Å². The molecule has 3 nitrogen and oxygen atoms in total. The lowest BCUT2D eigenvalue weighted by atomic mass is 9.70. The maximum absolute atomic E-state index is 6.24. The Bertz CT molecular complexity index is 528. The highest BCUT2D eigenvalue weighted by Gasteiger charge is 2.49. The number of nitrogens with two attached hydrogens (primary N) is 1. The summed E-state index contributed by atoms with van der Waals surface area (Å²) in [7, 11) is 0. The van der Waals surface area contributed by atoms with Crippen LogP contribution in [0.3, 0.4) is 0 Å². The quantitative estimate of drug-likeness (QED) is 0.889. The lowest BCUT2D eigenvalue weighted by Gasteiger charge is -2.47. The summed E-state index contributed by atoms with van der Waals surface area (Å²) in [6.07, 6.45) is 6.32. The van der Waals surface area contributed by atoms with E-state index in [0.717, 1.165) is 11.0 Å². The Morgan fingerprint density at radius 2 is 2.30 bits per heavy atom. The second kappa shape index (κ2) is 5.40. The van der Waals surface area contributed by atoms with Crippen LogP contribution in [0.15, 0.2) is 33.7 Å². The van der Waals surface area contributed by atoms with Crippen molar-refractivity contribution in [3.8, 4) is 0 Å². The number of rotatable bonds is 2. The minimum atomic E-state index is 0.109. The van der Waals surface area contributed by atoms with Gasteiger partial charge in [0.2, 0.25) is 0 Å². The molecule has 0 radical (unpaired) electrons. The van der Waals surface area contributed by atoms with Gasteiger partial charge in [0, 0.05) is 10.2 Å². The monoisotopic (exact) mass is 335 g/mol. The molecule has 0 saturated heterocycles. The third kappa shape index (κ3) is 2.14. The average molecular weight is 336 g/mol. The van der Waals surface area contributed by atoms with Gasteiger partial charge in [0.15, 0.2) is 5.96 Å². The number of nitrogens with zero attached hydrogens (tertiary/aromatic N) is 2. The van der Waals surface area contributed by atoms with E-state index in [9.17, 15) is 0 Å². The molecule has 108 valence electrons. The van der Waals surface area contributed by atoms with Gasteiger partial charge in [-0.3, -0.25) is 4.99 Å². The molecule has 1 aromatic carbocycles. The first-order valence-electron chi connectivity index (χ1n) is 7.53. The minimum Gasteiger partial charge on any atom is -0.369 e. The van der Waals surface area contributed by atoms with Gasteiger partial charge in [0.25, 0.3) is 0 Å². The minimum absolute atomic E-state index is 0.109. The van der Waals surface area contributed by atoms with Crippen LogP contribution in [-0.2, 0) is 0 Å². The van der Waals surface area contributed by atoms with E-state index in [4.69, 9.17) is 5.73 Å². The third-order valence-corrected chi connectivity index (χ3v) is 5.41. The zero-order valence-electron chi connectivity index (χ0n) is 12.0. The summed E-state index contributed by atoms with van der Waals surface area (Å²) in [5.74, 6) is 1.36. The van der Waals surface area contributed by atoms with Crippen LogP contribution in [0.5, 0.6) is 0 Å². The molecule has 2 N–H and O–H groups in total. The fraction of sp³-hybridized carbons (Fsp3) is 0.562. The predicted octanol–water partition coefficient (Wildman–Crippen LogP) is 3.92. The second-order valence-corrected chi connectivity index (χ2v) is 6.86. The predicted molar refractivity (Wildman–Crippen MR) is 88.1 cm³/mol. The van der Waals surface area contributed by atoms with E-state index < -0.39 is 0 Å². The molecular weight excluding hydrogens is 314 g/mol. The Morgan fingerprint density at radius 1 is 1.45 bits per heavy atom. The summed E-state index contributed by atoms with van der Waals surface area (Å²) in [5.41, 5.74) is 7.52. The van der Waals surface area contributed by atoms with Crippen LogP contribution in [-0.4, -0.2) is 18.0 Å². The van der Waals surface area contributed by atoms with E-state index in [1.807, 2.05) is 0 Å². The maximum atomic E-state index is 6.24. The van der Waals surface area contributed by atoms with Gasteiger partial charge in [-0.2, -0.15) is 0 Å². The van der Waals surface area contributed by atoms with E-state index >= 15 is 0 Å². The van der Waals surface area contributed by atoms with Crippen molar-refractivity contribution in [2.45, 2.75) is 44.6 Å². The Hall–Kier alpha value is -1.03. The van der Waals surface area contributed by atoms with Crippen LogP contribution >= 0.6 is 15.9 Å². The number of anilines is 1. The number of hydrogen-bond acceptors (Lipinski definition) is 3. The molecule has 1 spiro atoms. The maximum Gasteiger partial charge on any atom is 0.196 e. The first kappa shape index (κ1) is 13.9. The number of benzene rings is 1. The topological polar surface area (TPSA) is 41.6 Å². The standard InChI is InChI=1S/C16H22BrN3/c1-2-12-6-3-4-9-16(12)11-19-15(18)20(16)14-8-5-7-13(17)10-14/h5,7-8,10,12H,2-4,6,9,11H2,1H3,(H2,18,19). The molecule has 0 amide bonds. The molecule has 2 aliphatic rings. The molecule has 0 bridgehead atoms. The molecule has 1 aliphatic carbocycles. The van der Waals surface area contributed by atoms with Crippen LogP contribution in [0.4, 0.5) is 5.69 Å². The van der Waals surface area contributed by atoms with E-state index in [2.05, 4.69) is 57.0 Å². The largest absolute Gasteiger partial charge is 0.369 e. The van der Waals surface area contributed by atoms with E-state index in [-0.39, 0.29) is 5.54 Å². The Labute approximate surface area is 129 Å². The summed E-state index contributed by atoms with van der Waals surface area (Å²) in [5, 5.41) is 0. The fourth-order valence-electron chi connectivity index (χ4n) is 3.97. The molecule has 1 heterocycles. The van der Waals surface area contributed by atoms with Crippen LogP contribution in [0, 0.1) is 5.92 Å².